The molecule has 0 spiro atoms. The second kappa shape index (κ2) is 15.1. The fraction of sp³-hybridized carbons (Fsp3) is 0.235. The number of carbonyl (C=O) groups excluding carboxylic acids is 1. The van der Waals surface area contributed by atoms with Gasteiger partial charge in [-0.3, -0.25) is 10.2 Å². The Kier molecular flexibility index (Phi) is 11.0. The van der Waals surface area contributed by atoms with Gasteiger partial charge in [-0.15, -0.1) is 0 Å². The van der Waals surface area contributed by atoms with Gasteiger partial charge in [-0.2, -0.15) is 0 Å². The van der Waals surface area contributed by atoms with E-state index < -0.39 is 11.6 Å². The van der Waals surface area contributed by atoms with Crippen LogP contribution in [0.4, 0.5) is 0 Å². The maximum absolute atomic E-state index is 14.3. The van der Waals surface area contributed by atoms with Crippen molar-refractivity contribution >= 4 is 50.9 Å². The van der Waals surface area contributed by atoms with Crippen molar-refractivity contribution in [2.24, 2.45) is 4.99 Å². The van der Waals surface area contributed by atoms with Crippen molar-refractivity contribution in [1.29, 1.82) is 0 Å². The Morgan fingerprint density at radius 3 is 2.48 bits per heavy atom. The van der Waals surface area contributed by atoms with Gasteiger partial charge in [-0.25, -0.2) is 10.4 Å². The molecule has 228 valence electrons. The maximum Gasteiger partial charge on any atom is 0.266 e. The van der Waals surface area contributed by atoms with Gasteiger partial charge in [0, 0.05) is 51.6 Å². The minimum Gasteiger partial charge on any atom is -0.494 e. The fourth-order valence-electron chi connectivity index (χ4n) is 5.03. The maximum atomic E-state index is 14.3. The molecule has 1 amide bonds. The molecule has 3 N–H and O–H groups in total. The van der Waals surface area contributed by atoms with Gasteiger partial charge >= 0.3 is 0 Å². The third-order valence-corrected chi connectivity index (χ3v) is 8.58. The van der Waals surface area contributed by atoms with Crippen molar-refractivity contribution in [3.8, 4) is 5.75 Å². The van der Waals surface area contributed by atoms with E-state index in [1.54, 1.807) is 12.1 Å². The Morgan fingerprint density at radius 2 is 1.75 bits per heavy atom. The van der Waals surface area contributed by atoms with Gasteiger partial charge in [0.25, 0.3) is 5.91 Å². The van der Waals surface area contributed by atoms with Gasteiger partial charge < -0.3 is 14.6 Å². The first kappa shape index (κ1) is 32.0. The topological polar surface area (TPSA) is 92.2 Å². The molecule has 0 fully saturated rings. The molecule has 1 aliphatic heterocycles. The van der Waals surface area contributed by atoms with Crippen LogP contribution in [-0.4, -0.2) is 42.2 Å². The average molecular weight is 697 g/mol. The number of benzene rings is 4. The minimum absolute atomic E-state index is 0.0639. The van der Waals surface area contributed by atoms with E-state index in [-0.39, 0.29) is 12.5 Å². The number of nitrogens with one attached hydrogen (secondary N) is 2. The molecule has 0 saturated heterocycles. The summed E-state index contributed by atoms with van der Waals surface area (Å²) in [5.41, 5.74) is 8.01. The highest BCUT2D eigenvalue weighted by molar-refractivity contribution is 9.10. The van der Waals surface area contributed by atoms with Crippen molar-refractivity contribution in [2.45, 2.75) is 30.9 Å². The molecule has 10 heteroatoms. The summed E-state index contributed by atoms with van der Waals surface area (Å²) in [4.78, 5) is 19.4. The number of aliphatic hydroxyl groups is 1. The summed E-state index contributed by atoms with van der Waals surface area (Å²) in [6, 6.07) is 30.2. The van der Waals surface area contributed by atoms with Gasteiger partial charge in [-0.05, 0) is 60.0 Å². The molecule has 0 bridgehead atoms. The summed E-state index contributed by atoms with van der Waals surface area (Å²) in [6.07, 6.45) is 0.680. The summed E-state index contributed by atoms with van der Waals surface area (Å²) in [7, 11) is 0. The first-order chi connectivity index (χ1) is 21.4. The average Bonchev–Trinajstić information content (AvgIpc) is 3.41. The smallest absolute Gasteiger partial charge is 0.266 e. The zero-order valence-electron chi connectivity index (χ0n) is 23.8. The summed E-state index contributed by atoms with van der Waals surface area (Å²) in [5, 5.41) is 10.2. The Hall–Kier alpha value is -3.40. The lowest BCUT2D eigenvalue weighted by Crippen LogP contribution is -2.54. The molecular formula is C34H32BrCl2N3O4. The Labute approximate surface area is 275 Å². The van der Waals surface area contributed by atoms with Gasteiger partial charge in [0.2, 0.25) is 5.90 Å². The highest BCUT2D eigenvalue weighted by Gasteiger charge is 2.53. The Bertz CT molecular complexity index is 1600. The second-order valence-electron chi connectivity index (χ2n) is 10.3. The van der Waals surface area contributed by atoms with Crippen LogP contribution in [0, 0.1) is 0 Å². The van der Waals surface area contributed by atoms with Crippen LogP contribution in [0.1, 0.15) is 34.8 Å². The molecule has 0 radical (unpaired) electrons. The molecule has 44 heavy (non-hydrogen) atoms. The van der Waals surface area contributed by atoms with E-state index in [2.05, 4.69) is 26.8 Å². The molecule has 2 atom stereocenters. The molecular weight excluding hydrogens is 665 g/mol. The van der Waals surface area contributed by atoms with Crippen LogP contribution in [0.2, 0.25) is 10.0 Å². The normalized spacial score (nSPS) is 17.5. The summed E-state index contributed by atoms with van der Waals surface area (Å²) >= 11 is 16.1. The number of amides is 1. The molecule has 0 unspecified atom stereocenters. The van der Waals surface area contributed by atoms with Crippen molar-refractivity contribution in [3.63, 3.8) is 0 Å². The van der Waals surface area contributed by atoms with E-state index in [4.69, 9.17) is 42.8 Å². The van der Waals surface area contributed by atoms with Crippen LogP contribution in [-0.2, 0) is 22.4 Å². The number of aliphatic imine (C=N–C) groups is 1. The number of hydrazine groups is 1. The number of hydrogen-bond acceptors (Lipinski definition) is 6. The van der Waals surface area contributed by atoms with Crippen LogP contribution in [0.25, 0.3) is 0 Å². The predicted octanol–water partition coefficient (Wildman–Crippen LogP) is 6.88. The standard InChI is InChI=1S/C34H32BrCl2N3O4/c35-29-10-5-4-9-28(29)31-34(22-23-7-2-1-3-8-23,33(42)40-38-18-17-24-11-14-26(36)21-30(24)37)39-32(44-31)25-12-15-27(16-13-25)43-20-6-19-41/h1-5,7-16,21,31,38,41H,6,17-20,22H2,(H,40,42)/t31-,34-/m0/s1. The van der Waals surface area contributed by atoms with Crippen LogP contribution in [0.15, 0.2) is 107 Å². The quantitative estimate of drug-likeness (QED) is 0.105. The van der Waals surface area contributed by atoms with E-state index in [0.717, 1.165) is 21.2 Å². The van der Waals surface area contributed by atoms with Crippen molar-refractivity contribution in [1.82, 2.24) is 10.9 Å². The third kappa shape index (κ3) is 7.62. The fourth-order valence-corrected chi connectivity index (χ4v) is 6.02. The first-order valence-electron chi connectivity index (χ1n) is 14.3. The predicted molar refractivity (Wildman–Crippen MR) is 177 cm³/mol. The van der Waals surface area contributed by atoms with Crippen molar-refractivity contribution in [3.05, 3.63) is 134 Å². The molecule has 4 aromatic carbocycles. The molecule has 0 aliphatic carbocycles. The lowest BCUT2D eigenvalue weighted by Gasteiger charge is -2.31. The molecule has 0 aromatic heterocycles. The number of nitrogens with zero attached hydrogens (tertiary/aromatic N) is 1. The highest BCUT2D eigenvalue weighted by atomic mass is 79.9. The number of aliphatic hydroxyl groups excluding tert-OH is 1. The Balaban J connectivity index is 1.46. The van der Waals surface area contributed by atoms with Gasteiger partial charge in [0.05, 0.1) is 6.61 Å². The molecule has 1 heterocycles. The largest absolute Gasteiger partial charge is 0.494 e. The molecule has 7 nitrogen and oxygen atoms in total. The van der Waals surface area contributed by atoms with Crippen molar-refractivity contribution < 1.29 is 19.4 Å². The number of ether oxygens (including phenoxy) is 2. The van der Waals surface area contributed by atoms with E-state index in [9.17, 15) is 4.79 Å². The number of rotatable bonds is 13. The number of hydrogen-bond donors (Lipinski definition) is 3. The molecule has 0 saturated carbocycles. The highest BCUT2D eigenvalue weighted by Crippen LogP contribution is 2.44. The zero-order valence-corrected chi connectivity index (χ0v) is 26.9. The lowest BCUT2D eigenvalue weighted by molar-refractivity contribution is -0.130. The SMILES string of the molecule is O=C(NNCCc1ccc(Cl)cc1Cl)[C@@]1(Cc2ccccc2)N=C(c2ccc(OCCCO)cc2)O[C@H]1c1ccccc1Br. The van der Waals surface area contributed by atoms with Gasteiger partial charge in [0.1, 0.15) is 5.75 Å². The molecule has 1 aliphatic rings. The second-order valence-corrected chi connectivity index (χ2v) is 12.0. The Morgan fingerprint density at radius 1 is 1.00 bits per heavy atom. The third-order valence-electron chi connectivity index (χ3n) is 7.27. The number of carbonyl (C=O) groups is 1. The van der Waals surface area contributed by atoms with Crippen LogP contribution >= 0.6 is 39.1 Å². The van der Waals surface area contributed by atoms with Gasteiger partial charge in [-0.1, -0.05) is 93.7 Å². The van der Waals surface area contributed by atoms with E-state index in [1.165, 1.54) is 0 Å². The van der Waals surface area contributed by atoms with Crippen LogP contribution in [0.3, 0.4) is 0 Å². The van der Waals surface area contributed by atoms with Crippen molar-refractivity contribution in [2.75, 3.05) is 19.8 Å². The molecule has 4 aromatic rings. The van der Waals surface area contributed by atoms with Crippen LogP contribution in [0.5, 0.6) is 5.75 Å². The molecule has 5 rings (SSSR count). The summed E-state index contributed by atoms with van der Waals surface area (Å²) in [6.45, 7) is 0.910. The monoisotopic (exact) mass is 695 g/mol. The lowest BCUT2D eigenvalue weighted by atomic mass is 9.82. The van der Waals surface area contributed by atoms with Gasteiger partial charge in [0.15, 0.2) is 11.6 Å². The first-order valence-corrected chi connectivity index (χ1v) is 15.8. The minimum atomic E-state index is -1.35. The number of halogens is 3. The van der Waals surface area contributed by atoms with E-state index in [1.807, 2.05) is 84.9 Å². The zero-order chi connectivity index (χ0) is 30.9. The van der Waals surface area contributed by atoms with E-state index in [0.29, 0.717) is 59.7 Å². The summed E-state index contributed by atoms with van der Waals surface area (Å²) < 4.78 is 13.1. The summed E-state index contributed by atoms with van der Waals surface area (Å²) in [5.74, 6) is 0.691. The van der Waals surface area contributed by atoms with E-state index >= 15 is 0 Å². The van der Waals surface area contributed by atoms with Crippen LogP contribution < -0.4 is 15.6 Å².